The van der Waals surface area contributed by atoms with E-state index in [1.54, 1.807) is 19.1 Å². The van der Waals surface area contributed by atoms with E-state index >= 15 is 0 Å². The van der Waals surface area contributed by atoms with E-state index in [1.807, 2.05) is 0 Å². The van der Waals surface area contributed by atoms with E-state index in [-0.39, 0.29) is 50.5 Å². The minimum Gasteiger partial charge on any atom is -0.508 e. The van der Waals surface area contributed by atoms with Crippen molar-refractivity contribution in [2.24, 2.45) is 27.9 Å². The maximum Gasteiger partial charge on any atom is 0.416 e. The number of phenolic OH excluding ortho intramolecular Hbond substituents is 1. The van der Waals surface area contributed by atoms with Crippen LogP contribution in [0.25, 0.3) is 0 Å². The molecule has 0 radical (unpaired) electrons. The van der Waals surface area contributed by atoms with Gasteiger partial charge in [0, 0.05) is 19.5 Å². The van der Waals surface area contributed by atoms with Crippen LogP contribution in [0, 0.1) is 0 Å². The van der Waals surface area contributed by atoms with E-state index in [4.69, 9.17) is 22.9 Å². The topological polar surface area (TPSA) is 232 Å². The van der Waals surface area contributed by atoms with Crippen molar-refractivity contribution in [1.82, 2.24) is 15.5 Å². The quantitative estimate of drug-likeness (QED) is 0.0744. The van der Waals surface area contributed by atoms with Gasteiger partial charge in [-0.3, -0.25) is 24.2 Å². The molecule has 0 aliphatic carbocycles. The molecule has 0 unspecified atom stereocenters. The van der Waals surface area contributed by atoms with Crippen LogP contribution < -0.4 is 33.6 Å². The number of rotatable bonds is 16. The van der Waals surface area contributed by atoms with Crippen molar-refractivity contribution in [3.8, 4) is 5.75 Å². The van der Waals surface area contributed by atoms with Gasteiger partial charge in [-0.25, -0.2) is 0 Å². The number of halogens is 3. The van der Waals surface area contributed by atoms with E-state index in [2.05, 4.69) is 15.6 Å². The van der Waals surface area contributed by atoms with Gasteiger partial charge in [-0.15, -0.1) is 0 Å². The summed E-state index contributed by atoms with van der Waals surface area (Å²) in [5, 5.41) is 14.5. The number of carbonyl (C=O) groups excluding carboxylic acids is 4. The van der Waals surface area contributed by atoms with Crippen LogP contribution in [0.2, 0.25) is 0 Å². The fourth-order valence-corrected chi connectivity index (χ4v) is 4.41. The number of hydrogen-bond donors (Lipinski definition) is 7. The Labute approximate surface area is 258 Å². The molecule has 0 aromatic heterocycles. The largest absolute Gasteiger partial charge is 0.508 e. The lowest BCUT2D eigenvalue weighted by Crippen LogP contribution is -2.55. The third-order valence-corrected chi connectivity index (χ3v) is 6.80. The van der Waals surface area contributed by atoms with E-state index in [0.29, 0.717) is 11.1 Å². The average molecular weight is 637 g/mol. The molecular weight excluding hydrogens is 597 g/mol. The second-order valence-electron chi connectivity index (χ2n) is 10.2. The number of nitrogens with one attached hydrogen (secondary N) is 2. The second-order valence-corrected chi connectivity index (χ2v) is 10.2. The number of amides is 4. The second kappa shape index (κ2) is 16.8. The molecule has 11 N–H and O–H groups in total. The first kappa shape index (κ1) is 36.3. The molecule has 0 aliphatic rings. The molecule has 0 spiro atoms. The summed E-state index contributed by atoms with van der Waals surface area (Å²) < 4.78 is 38.8. The molecule has 0 saturated heterocycles. The Morgan fingerprint density at radius 2 is 1.51 bits per heavy atom. The van der Waals surface area contributed by atoms with Crippen LogP contribution in [0.15, 0.2) is 53.5 Å². The molecule has 4 amide bonds. The van der Waals surface area contributed by atoms with Gasteiger partial charge in [0.25, 0.3) is 0 Å². The van der Waals surface area contributed by atoms with Gasteiger partial charge in [0.1, 0.15) is 17.8 Å². The number of alkyl halides is 3. The standard InChI is InChI=1S/C29H39F3N8O5/c1-2-40(23(25(34)43)15-18-5-9-19(10-6-18)29(30,31)32)24(42)16-38-27(45)22(4-3-13-37-28(35)36)39-26(44)21(33)14-17-7-11-20(41)12-8-17/h5-12,21-23,41H,2-4,13-16,33H2,1H3,(H2,34,43)(H,38,45)(H,39,44)(H4,35,36,37)/t21-,22+,23+/m0/s1. The number of hydrogen-bond acceptors (Lipinski definition) is 7. The molecule has 13 nitrogen and oxygen atoms in total. The Bertz CT molecular complexity index is 1330. The Morgan fingerprint density at radius 3 is 2.04 bits per heavy atom. The number of phenols is 1. The number of aromatic hydroxyl groups is 1. The third-order valence-electron chi connectivity index (χ3n) is 6.80. The molecule has 2 aromatic carbocycles. The van der Waals surface area contributed by atoms with Gasteiger partial charge in [-0.1, -0.05) is 24.3 Å². The highest BCUT2D eigenvalue weighted by Crippen LogP contribution is 2.29. The van der Waals surface area contributed by atoms with Gasteiger partial charge in [0.05, 0.1) is 18.2 Å². The zero-order valence-corrected chi connectivity index (χ0v) is 24.7. The predicted molar refractivity (Wildman–Crippen MR) is 160 cm³/mol. The fraction of sp³-hybridized carbons (Fsp3) is 0.414. The van der Waals surface area contributed by atoms with E-state index < -0.39 is 60.0 Å². The summed E-state index contributed by atoms with van der Waals surface area (Å²) in [4.78, 5) is 56.3. The van der Waals surface area contributed by atoms with Gasteiger partial charge >= 0.3 is 6.18 Å². The van der Waals surface area contributed by atoms with Crippen molar-refractivity contribution < 1.29 is 37.5 Å². The Kier molecular flexibility index (Phi) is 13.6. The van der Waals surface area contributed by atoms with Crippen molar-refractivity contribution in [3.05, 3.63) is 65.2 Å². The number of nitrogens with two attached hydrogens (primary N) is 4. The third kappa shape index (κ3) is 12.0. The van der Waals surface area contributed by atoms with E-state index in [0.717, 1.165) is 17.0 Å². The average Bonchev–Trinajstić information content (AvgIpc) is 2.97. The number of guanidine groups is 1. The molecule has 0 aliphatic heterocycles. The summed E-state index contributed by atoms with van der Waals surface area (Å²) in [5.41, 5.74) is 22.4. The van der Waals surface area contributed by atoms with Gasteiger partial charge in [0.2, 0.25) is 23.6 Å². The lowest BCUT2D eigenvalue weighted by atomic mass is 10.0. The SMILES string of the molecule is CCN(C(=O)CNC(=O)[C@@H](CCCN=C(N)N)NC(=O)[C@@H](N)Cc1ccc(O)cc1)[C@H](Cc1ccc(C(F)(F)F)cc1)C(N)=O. The van der Waals surface area contributed by atoms with Crippen molar-refractivity contribution in [3.63, 3.8) is 0 Å². The highest BCUT2D eigenvalue weighted by molar-refractivity contribution is 5.93. The lowest BCUT2D eigenvalue weighted by molar-refractivity contribution is -0.139. The van der Waals surface area contributed by atoms with Crippen LogP contribution >= 0.6 is 0 Å². The van der Waals surface area contributed by atoms with Crippen molar-refractivity contribution in [2.75, 3.05) is 19.6 Å². The molecule has 0 saturated carbocycles. The van der Waals surface area contributed by atoms with Gasteiger partial charge in [-0.05, 0) is 61.6 Å². The number of benzene rings is 2. The number of primary amides is 1. The summed E-state index contributed by atoms with van der Waals surface area (Å²) in [6.45, 7) is 1.18. The molecule has 2 rings (SSSR count). The van der Waals surface area contributed by atoms with Crippen molar-refractivity contribution in [1.29, 1.82) is 0 Å². The number of carbonyl (C=O) groups is 4. The summed E-state index contributed by atoms with van der Waals surface area (Å²) in [6.07, 6.45) is -4.19. The molecular formula is C29H39F3N8O5. The first-order chi connectivity index (χ1) is 21.1. The van der Waals surface area contributed by atoms with Gasteiger partial charge in [0.15, 0.2) is 5.96 Å². The maximum absolute atomic E-state index is 13.1. The lowest BCUT2D eigenvalue weighted by Gasteiger charge is -2.29. The molecule has 246 valence electrons. The number of likely N-dealkylation sites (N-methyl/N-ethyl adjacent to an activating group) is 1. The Morgan fingerprint density at radius 1 is 0.933 bits per heavy atom. The van der Waals surface area contributed by atoms with Crippen LogP contribution in [0.3, 0.4) is 0 Å². The molecule has 45 heavy (non-hydrogen) atoms. The zero-order valence-electron chi connectivity index (χ0n) is 24.7. The summed E-state index contributed by atoms with van der Waals surface area (Å²) in [5.74, 6) is -3.03. The fourth-order valence-electron chi connectivity index (χ4n) is 4.41. The number of aliphatic imine (C=N–C) groups is 1. The minimum absolute atomic E-state index is 0.00768. The smallest absolute Gasteiger partial charge is 0.416 e. The van der Waals surface area contributed by atoms with E-state index in [9.17, 15) is 37.5 Å². The highest BCUT2D eigenvalue weighted by atomic mass is 19.4. The predicted octanol–water partition coefficient (Wildman–Crippen LogP) is -0.119. The molecule has 0 heterocycles. The minimum atomic E-state index is -4.54. The molecule has 2 aromatic rings. The summed E-state index contributed by atoms with van der Waals surface area (Å²) >= 11 is 0. The highest BCUT2D eigenvalue weighted by Gasteiger charge is 2.32. The van der Waals surface area contributed by atoms with E-state index in [1.165, 1.54) is 24.3 Å². The van der Waals surface area contributed by atoms with Crippen LogP contribution in [-0.4, -0.2) is 77.4 Å². The number of nitrogens with zero attached hydrogens (tertiary/aromatic N) is 2. The van der Waals surface area contributed by atoms with Crippen molar-refractivity contribution >= 4 is 29.6 Å². The van der Waals surface area contributed by atoms with Crippen LogP contribution in [0.4, 0.5) is 13.2 Å². The first-order valence-electron chi connectivity index (χ1n) is 14.0. The van der Waals surface area contributed by atoms with Crippen LogP contribution in [0.1, 0.15) is 36.5 Å². The Balaban J connectivity index is 2.09. The molecule has 16 heteroatoms. The molecule has 3 atom stereocenters. The first-order valence-corrected chi connectivity index (χ1v) is 14.0. The van der Waals surface area contributed by atoms with Gasteiger partial charge in [-0.2, -0.15) is 13.2 Å². The zero-order chi connectivity index (χ0) is 33.7. The van der Waals surface area contributed by atoms with Crippen LogP contribution in [0.5, 0.6) is 5.75 Å². The normalized spacial score (nSPS) is 13.2. The van der Waals surface area contributed by atoms with Gasteiger partial charge < -0.3 is 43.6 Å². The maximum atomic E-state index is 13.1. The molecule has 0 bridgehead atoms. The monoisotopic (exact) mass is 636 g/mol. The summed E-state index contributed by atoms with van der Waals surface area (Å²) in [6, 6.07) is 6.85. The molecule has 0 fully saturated rings. The van der Waals surface area contributed by atoms with Crippen molar-refractivity contribution in [2.45, 2.75) is 56.9 Å². The van der Waals surface area contributed by atoms with Crippen LogP contribution in [-0.2, 0) is 38.2 Å². The summed E-state index contributed by atoms with van der Waals surface area (Å²) in [7, 11) is 0. The Hall–Kier alpha value is -4.86.